The van der Waals surface area contributed by atoms with Crippen LogP contribution in [0.15, 0.2) is 24.3 Å². The zero-order valence-electron chi connectivity index (χ0n) is 11.5. The van der Waals surface area contributed by atoms with Crippen molar-refractivity contribution >= 4 is 0 Å². The fourth-order valence-corrected chi connectivity index (χ4v) is 2.65. The lowest BCUT2D eigenvalue weighted by molar-refractivity contribution is 0.117. The molecule has 1 saturated heterocycles. The van der Waals surface area contributed by atoms with E-state index in [1.54, 1.807) is 7.11 Å². The van der Waals surface area contributed by atoms with Crippen molar-refractivity contribution in [3.8, 4) is 5.75 Å². The molecule has 1 aromatic carbocycles. The third kappa shape index (κ3) is 3.24. The van der Waals surface area contributed by atoms with Crippen molar-refractivity contribution in [2.24, 2.45) is 5.92 Å². The number of benzene rings is 1. The number of likely N-dealkylation sites (N-methyl/N-ethyl adjacent to an activating group) is 1. The number of methoxy groups -OCH3 is 1. The van der Waals surface area contributed by atoms with Crippen molar-refractivity contribution in [2.75, 3.05) is 20.8 Å². The Hall–Kier alpha value is -1.06. The lowest BCUT2D eigenvalue weighted by Crippen LogP contribution is -2.36. The van der Waals surface area contributed by atoms with Crippen molar-refractivity contribution in [2.45, 2.75) is 31.9 Å². The first-order valence-electron chi connectivity index (χ1n) is 6.64. The van der Waals surface area contributed by atoms with Crippen LogP contribution in [-0.2, 0) is 11.2 Å². The van der Waals surface area contributed by atoms with Crippen LogP contribution < -0.4 is 10.1 Å². The van der Waals surface area contributed by atoms with Crippen LogP contribution in [0.4, 0.5) is 0 Å². The van der Waals surface area contributed by atoms with E-state index in [1.807, 2.05) is 19.2 Å². The molecule has 1 aromatic rings. The summed E-state index contributed by atoms with van der Waals surface area (Å²) in [5, 5.41) is 3.43. The average molecular weight is 249 g/mol. The molecule has 0 bridgehead atoms. The van der Waals surface area contributed by atoms with Gasteiger partial charge in [-0.1, -0.05) is 12.1 Å². The molecule has 3 nitrogen and oxygen atoms in total. The third-order valence-electron chi connectivity index (χ3n) is 3.78. The second-order valence-electron chi connectivity index (χ2n) is 5.09. The minimum atomic E-state index is 0.404. The monoisotopic (exact) mass is 249 g/mol. The maximum absolute atomic E-state index is 5.66. The molecule has 0 radical (unpaired) electrons. The summed E-state index contributed by atoms with van der Waals surface area (Å²) in [7, 11) is 3.74. The van der Waals surface area contributed by atoms with Gasteiger partial charge in [-0.15, -0.1) is 0 Å². The summed E-state index contributed by atoms with van der Waals surface area (Å²) >= 11 is 0. The number of hydrogen-bond acceptors (Lipinski definition) is 3. The first kappa shape index (κ1) is 13.4. The van der Waals surface area contributed by atoms with Crippen molar-refractivity contribution in [1.29, 1.82) is 0 Å². The first-order chi connectivity index (χ1) is 8.72. The van der Waals surface area contributed by atoms with Crippen molar-refractivity contribution in [1.82, 2.24) is 5.32 Å². The van der Waals surface area contributed by atoms with Gasteiger partial charge in [-0.25, -0.2) is 0 Å². The van der Waals surface area contributed by atoms with E-state index in [1.165, 1.54) is 5.56 Å². The van der Waals surface area contributed by atoms with Crippen LogP contribution in [-0.4, -0.2) is 32.9 Å². The summed E-state index contributed by atoms with van der Waals surface area (Å²) in [6.07, 6.45) is 2.60. The van der Waals surface area contributed by atoms with Crippen LogP contribution in [0.5, 0.6) is 5.75 Å². The van der Waals surface area contributed by atoms with Gasteiger partial charge in [0.2, 0.25) is 0 Å². The molecule has 1 aliphatic rings. The highest BCUT2D eigenvalue weighted by atomic mass is 16.5. The summed E-state index contributed by atoms with van der Waals surface area (Å²) in [4.78, 5) is 0. The standard InChI is InChI=1S/C15H23NO2/c1-11-8-13(10-18-11)15(16-2)9-12-4-6-14(17-3)7-5-12/h4-7,11,13,15-16H,8-10H2,1-3H3. The predicted molar refractivity (Wildman–Crippen MR) is 73.1 cm³/mol. The van der Waals surface area contributed by atoms with Gasteiger partial charge in [-0.05, 0) is 44.5 Å². The fraction of sp³-hybridized carbons (Fsp3) is 0.600. The summed E-state index contributed by atoms with van der Waals surface area (Å²) in [6.45, 7) is 3.03. The zero-order chi connectivity index (χ0) is 13.0. The number of hydrogen-bond donors (Lipinski definition) is 1. The van der Waals surface area contributed by atoms with Gasteiger partial charge in [0.15, 0.2) is 0 Å². The van der Waals surface area contributed by atoms with Gasteiger partial charge in [-0.3, -0.25) is 0 Å². The third-order valence-corrected chi connectivity index (χ3v) is 3.78. The van der Waals surface area contributed by atoms with E-state index >= 15 is 0 Å². The van der Waals surface area contributed by atoms with Crippen molar-refractivity contribution in [3.63, 3.8) is 0 Å². The first-order valence-corrected chi connectivity index (χ1v) is 6.64. The highest BCUT2D eigenvalue weighted by Gasteiger charge is 2.28. The zero-order valence-corrected chi connectivity index (χ0v) is 11.5. The Morgan fingerprint density at radius 1 is 1.39 bits per heavy atom. The Bertz CT molecular complexity index is 363. The van der Waals surface area contributed by atoms with E-state index < -0.39 is 0 Å². The molecular formula is C15H23NO2. The van der Waals surface area contributed by atoms with E-state index in [9.17, 15) is 0 Å². The molecular weight excluding hydrogens is 226 g/mol. The van der Waals surface area contributed by atoms with E-state index in [0.717, 1.165) is 25.2 Å². The van der Waals surface area contributed by atoms with E-state index in [0.29, 0.717) is 18.1 Å². The molecule has 0 aromatic heterocycles. The molecule has 0 saturated carbocycles. The average Bonchev–Trinajstić information content (AvgIpc) is 2.83. The van der Waals surface area contributed by atoms with Crippen LogP contribution in [0.1, 0.15) is 18.9 Å². The Balaban J connectivity index is 1.96. The highest BCUT2D eigenvalue weighted by Crippen LogP contribution is 2.24. The number of nitrogens with one attached hydrogen (secondary N) is 1. The van der Waals surface area contributed by atoms with E-state index in [-0.39, 0.29) is 0 Å². The molecule has 2 rings (SSSR count). The normalized spacial score (nSPS) is 25.1. The minimum absolute atomic E-state index is 0.404. The molecule has 0 spiro atoms. The number of rotatable bonds is 5. The SMILES string of the molecule is CNC(Cc1ccc(OC)cc1)C1COC(C)C1. The van der Waals surface area contributed by atoms with Gasteiger partial charge in [0, 0.05) is 12.0 Å². The molecule has 0 aliphatic carbocycles. The molecule has 1 fully saturated rings. The second kappa shape index (κ2) is 6.21. The van der Waals surface area contributed by atoms with E-state index in [4.69, 9.17) is 9.47 Å². The molecule has 3 unspecified atom stereocenters. The summed E-state index contributed by atoms with van der Waals surface area (Å²) in [6, 6.07) is 8.82. The lowest BCUT2D eigenvalue weighted by Gasteiger charge is -2.22. The Morgan fingerprint density at radius 3 is 2.61 bits per heavy atom. The maximum Gasteiger partial charge on any atom is 0.118 e. The molecule has 0 amide bonds. The van der Waals surface area contributed by atoms with Gasteiger partial charge in [-0.2, -0.15) is 0 Å². The van der Waals surface area contributed by atoms with Crippen LogP contribution >= 0.6 is 0 Å². The van der Waals surface area contributed by atoms with Gasteiger partial charge < -0.3 is 14.8 Å². The van der Waals surface area contributed by atoms with Gasteiger partial charge in [0.25, 0.3) is 0 Å². The predicted octanol–water partition coefficient (Wildman–Crippen LogP) is 2.25. The van der Waals surface area contributed by atoms with Gasteiger partial charge in [0.1, 0.15) is 5.75 Å². The summed E-state index contributed by atoms with van der Waals surface area (Å²) in [5.74, 6) is 1.53. The molecule has 18 heavy (non-hydrogen) atoms. The van der Waals surface area contributed by atoms with Crippen LogP contribution in [0, 0.1) is 5.92 Å². The minimum Gasteiger partial charge on any atom is -0.497 e. The molecule has 1 aliphatic heterocycles. The Morgan fingerprint density at radius 2 is 2.11 bits per heavy atom. The largest absolute Gasteiger partial charge is 0.497 e. The van der Waals surface area contributed by atoms with E-state index in [2.05, 4.69) is 24.4 Å². The molecule has 3 atom stereocenters. The topological polar surface area (TPSA) is 30.5 Å². The Labute approximate surface area is 109 Å². The summed E-state index contributed by atoms with van der Waals surface area (Å²) < 4.78 is 10.8. The maximum atomic E-state index is 5.66. The molecule has 1 heterocycles. The summed E-state index contributed by atoms with van der Waals surface area (Å²) in [5.41, 5.74) is 1.34. The van der Waals surface area contributed by atoms with Gasteiger partial charge >= 0.3 is 0 Å². The Kier molecular flexibility index (Phi) is 4.61. The smallest absolute Gasteiger partial charge is 0.118 e. The van der Waals surface area contributed by atoms with Crippen LogP contribution in [0.3, 0.4) is 0 Å². The fourth-order valence-electron chi connectivity index (χ4n) is 2.65. The van der Waals surface area contributed by atoms with Crippen molar-refractivity contribution < 1.29 is 9.47 Å². The number of ether oxygens (including phenoxy) is 2. The molecule has 100 valence electrons. The molecule has 1 N–H and O–H groups in total. The van der Waals surface area contributed by atoms with Gasteiger partial charge in [0.05, 0.1) is 19.8 Å². The lowest BCUT2D eigenvalue weighted by atomic mass is 9.91. The second-order valence-corrected chi connectivity index (χ2v) is 5.09. The van der Waals surface area contributed by atoms with Crippen LogP contribution in [0.25, 0.3) is 0 Å². The molecule has 3 heteroatoms. The highest BCUT2D eigenvalue weighted by molar-refractivity contribution is 5.27. The van der Waals surface area contributed by atoms with Crippen LogP contribution in [0.2, 0.25) is 0 Å². The quantitative estimate of drug-likeness (QED) is 0.868. The van der Waals surface area contributed by atoms with Crippen molar-refractivity contribution in [3.05, 3.63) is 29.8 Å².